The molecule has 8 nitrogen and oxygen atoms in total. The predicted octanol–water partition coefficient (Wildman–Crippen LogP) is 4.57. The van der Waals surface area contributed by atoms with Crippen LogP contribution in [0.4, 0.5) is 27.4 Å². The number of nitrogens with one attached hydrogen (secondary N) is 2. The van der Waals surface area contributed by atoms with Crippen LogP contribution in [0, 0.1) is 12.7 Å². The Labute approximate surface area is 202 Å². The number of rotatable bonds is 6. The fourth-order valence-corrected chi connectivity index (χ4v) is 4.13. The Morgan fingerprint density at radius 1 is 1.14 bits per heavy atom. The Hall–Kier alpha value is -4.24. The number of aryl methyl sites for hydroxylation is 1. The highest BCUT2D eigenvalue weighted by Crippen LogP contribution is 2.28. The second-order valence-electron chi connectivity index (χ2n) is 8.24. The standard InChI is InChI=1S/C26H25FN6O2/c1-3-24(34)29-19-6-9-23-21(14-19)17(2)16-33(23)25-22(27)15-28-26(31-25)30-18-4-7-20(8-5-18)32-10-12-35-13-11-32/h3-9,14-16H,1,10-13H2,2H3,(H,29,34)(H,28,30,31). The number of aromatic nitrogens is 3. The first-order valence-corrected chi connectivity index (χ1v) is 11.3. The molecular formula is C26H25FN6O2. The van der Waals surface area contributed by atoms with E-state index in [0.717, 1.165) is 60.3 Å². The maximum absolute atomic E-state index is 14.8. The summed E-state index contributed by atoms with van der Waals surface area (Å²) in [6.45, 7) is 8.57. The van der Waals surface area contributed by atoms with Crippen molar-refractivity contribution in [3.8, 4) is 5.82 Å². The average Bonchev–Trinajstić information content (AvgIpc) is 3.21. The highest BCUT2D eigenvalue weighted by molar-refractivity contribution is 6.00. The Morgan fingerprint density at radius 2 is 1.89 bits per heavy atom. The Kier molecular flexibility index (Phi) is 6.15. The molecule has 9 heteroatoms. The molecule has 0 saturated carbocycles. The minimum Gasteiger partial charge on any atom is -0.378 e. The van der Waals surface area contributed by atoms with Crippen LogP contribution >= 0.6 is 0 Å². The predicted molar refractivity (Wildman–Crippen MR) is 135 cm³/mol. The molecule has 178 valence electrons. The molecule has 0 bridgehead atoms. The molecule has 2 aromatic heterocycles. The topological polar surface area (TPSA) is 84.3 Å². The second-order valence-corrected chi connectivity index (χ2v) is 8.24. The van der Waals surface area contributed by atoms with E-state index in [0.29, 0.717) is 5.69 Å². The van der Waals surface area contributed by atoms with Gasteiger partial charge in [0.2, 0.25) is 11.9 Å². The van der Waals surface area contributed by atoms with Gasteiger partial charge in [-0.3, -0.25) is 9.36 Å². The fraction of sp³-hybridized carbons (Fsp3) is 0.192. The lowest BCUT2D eigenvalue weighted by molar-refractivity contribution is -0.111. The van der Waals surface area contributed by atoms with Gasteiger partial charge in [0.1, 0.15) is 0 Å². The smallest absolute Gasteiger partial charge is 0.247 e. The van der Waals surface area contributed by atoms with E-state index in [1.54, 1.807) is 10.6 Å². The Morgan fingerprint density at radius 3 is 2.63 bits per heavy atom. The molecule has 0 unspecified atom stereocenters. The van der Waals surface area contributed by atoms with Crippen LogP contribution in [0.2, 0.25) is 0 Å². The van der Waals surface area contributed by atoms with Gasteiger partial charge in [-0.1, -0.05) is 6.58 Å². The summed E-state index contributed by atoms with van der Waals surface area (Å²) in [5, 5.41) is 6.78. The SMILES string of the molecule is C=CC(=O)Nc1ccc2c(c1)c(C)cn2-c1nc(Nc2ccc(N3CCOCC3)cc2)ncc1F. The van der Waals surface area contributed by atoms with Gasteiger partial charge in [0.25, 0.3) is 0 Å². The zero-order valence-electron chi connectivity index (χ0n) is 19.3. The summed E-state index contributed by atoms with van der Waals surface area (Å²) in [5.74, 6) is -0.417. The van der Waals surface area contributed by atoms with E-state index in [2.05, 4.69) is 32.1 Å². The van der Waals surface area contributed by atoms with Gasteiger partial charge < -0.3 is 20.3 Å². The summed E-state index contributed by atoms with van der Waals surface area (Å²) in [7, 11) is 0. The summed E-state index contributed by atoms with van der Waals surface area (Å²) >= 11 is 0. The van der Waals surface area contributed by atoms with E-state index in [1.165, 1.54) is 6.08 Å². The molecule has 1 aliphatic rings. The number of fused-ring (bicyclic) bond motifs is 1. The normalized spacial score (nSPS) is 13.6. The van der Waals surface area contributed by atoms with Gasteiger partial charge in [-0.25, -0.2) is 9.37 Å². The van der Waals surface area contributed by atoms with Crippen molar-refractivity contribution in [2.24, 2.45) is 0 Å². The quantitative estimate of drug-likeness (QED) is 0.400. The number of carbonyl (C=O) groups is 1. The maximum atomic E-state index is 14.8. The number of hydrogen-bond donors (Lipinski definition) is 2. The van der Waals surface area contributed by atoms with E-state index in [-0.39, 0.29) is 17.7 Å². The highest BCUT2D eigenvalue weighted by atomic mass is 19.1. The second kappa shape index (κ2) is 9.55. The van der Waals surface area contributed by atoms with Crippen molar-refractivity contribution >= 4 is 39.8 Å². The molecule has 1 amide bonds. The molecule has 1 saturated heterocycles. The molecule has 2 N–H and O–H groups in total. The fourth-order valence-electron chi connectivity index (χ4n) is 4.13. The number of anilines is 4. The van der Waals surface area contributed by atoms with E-state index in [4.69, 9.17) is 4.74 Å². The molecule has 1 fully saturated rings. The number of hydrogen-bond acceptors (Lipinski definition) is 6. The zero-order chi connectivity index (χ0) is 24.4. The van der Waals surface area contributed by atoms with Crippen LogP contribution in [0.3, 0.4) is 0 Å². The van der Waals surface area contributed by atoms with E-state index in [9.17, 15) is 9.18 Å². The number of nitrogens with zero attached hydrogens (tertiary/aromatic N) is 4. The minimum atomic E-state index is -0.542. The maximum Gasteiger partial charge on any atom is 0.247 e. The van der Waals surface area contributed by atoms with Crippen molar-refractivity contribution in [3.63, 3.8) is 0 Å². The zero-order valence-corrected chi connectivity index (χ0v) is 19.3. The minimum absolute atomic E-state index is 0.133. The monoisotopic (exact) mass is 472 g/mol. The van der Waals surface area contributed by atoms with E-state index >= 15 is 0 Å². The summed E-state index contributed by atoms with van der Waals surface area (Å²) in [4.78, 5) is 22.5. The van der Waals surface area contributed by atoms with Crippen LogP contribution in [0.5, 0.6) is 0 Å². The van der Waals surface area contributed by atoms with Crippen molar-refractivity contribution in [2.75, 3.05) is 41.8 Å². The molecule has 0 spiro atoms. The lowest BCUT2D eigenvalue weighted by Gasteiger charge is -2.28. The molecule has 3 heterocycles. The molecule has 0 atom stereocenters. The van der Waals surface area contributed by atoms with Gasteiger partial charge in [0.15, 0.2) is 11.6 Å². The Balaban J connectivity index is 1.41. The number of carbonyl (C=O) groups excluding carboxylic acids is 1. The van der Waals surface area contributed by atoms with E-state index < -0.39 is 5.82 Å². The summed E-state index contributed by atoms with van der Waals surface area (Å²) in [6, 6.07) is 13.4. The number of morpholine rings is 1. The van der Waals surface area contributed by atoms with Gasteiger partial charge >= 0.3 is 0 Å². The number of ether oxygens (including phenoxy) is 1. The average molecular weight is 473 g/mol. The first-order valence-electron chi connectivity index (χ1n) is 11.3. The van der Waals surface area contributed by atoms with Crippen LogP contribution in [-0.2, 0) is 9.53 Å². The van der Waals surface area contributed by atoms with Crippen LogP contribution in [-0.4, -0.2) is 46.7 Å². The Bertz CT molecular complexity index is 1390. The molecule has 0 aliphatic carbocycles. The molecular weight excluding hydrogens is 447 g/mol. The summed E-state index contributed by atoms with van der Waals surface area (Å²) in [6.07, 6.45) is 4.19. The summed E-state index contributed by atoms with van der Waals surface area (Å²) in [5.41, 5.74) is 4.24. The van der Waals surface area contributed by atoms with Crippen LogP contribution < -0.4 is 15.5 Å². The number of amides is 1. The lowest BCUT2D eigenvalue weighted by Crippen LogP contribution is -2.36. The van der Waals surface area contributed by atoms with E-state index in [1.807, 2.05) is 49.5 Å². The van der Waals surface area contributed by atoms with Gasteiger partial charge in [0.05, 0.1) is 24.9 Å². The van der Waals surface area contributed by atoms with Crippen molar-refractivity contribution < 1.29 is 13.9 Å². The van der Waals surface area contributed by atoms with Crippen molar-refractivity contribution in [2.45, 2.75) is 6.92 Å². The van der Waals surface area contributed by atoms with Crippen molar-refractivity contribution in [3.05, 3.63) is 78.9 Å². The third-order valence-corrected chi connectivity index (χ3v) is 5.91. The number of benzene rings is 2. The summed E-state index contributed by atoms with van der Waals surface area (Å²) < 4.78 is 21.9. The molecule has 0 radical (unpaired) electrons. The molecule has 2 aromatic carbocycles. The lowest BCUT2D eigenvalue weighted by atomic mass is 10.2. The first-order chi connectivity index (χ1) is 17.0. The molecule has 5 rings (SSSR count). The van der Waals surface area contributed by atoms with Crippen LogP contribution in [0.1, 0.15) is 5.56 Å². The van der Waals surface area contributed by atoms with Crippen molar-refractivity contribution in [1.82, 2.24) is 14.5 Å². The molecule has 1 aliphatic heterocycles. The molecule has 35 heavy (non-hydrogen) atoms. The van der Waals surface area contributed by atoms with Gasteiger partial charge in [-0.05, 0) is 61.0 Å². The first kappa shape index (κ1) is 22.5. The van der Waals surface area contributed by atoms with Gasteiger partial charge in [-0.15, -0.1) is 0 Å². The van der Waals surface area contributed by atoms with Crippen LogP contribution in [0.15, 0.2) is 67.5 Å². The van der Waals surface area contributed by atoms with Crippen LogP contribution in [0.25, 0.3) is 16.7 Å². The van der Waals surface area contributed by atoms with Gasteiger partial charge in [-0.2, -0.15) is 4.98 Å². The van der Waals surface area contributed by atoms with Gasteiger partial charge in [0, 0.05) is 41.7 Å². The van der Waals surface area contributed by atoms with Crippen molar-refractivity contribution in [1.29, 1.82) is 0 Å². The third-order valence-electron chi connectivity index (χ3n) is 5.91. The largest absolute Gasteiger partial charge is 0.378 e. The molecule has 4 aromatic rings. The third kappa shape index (κ3) is 4.71. The number of halogens is 1. The highest BCUT2D eigenvalue weighted by Gasteiger charge is 2.15.